The number of nitrogens with zero attached hydrogens (tertiary/aromatic N) is 1. The molecular formula is C13H15FN2O2. The first kappa shape index (κ1) is 12.6. The SMILES string of the molecule is COc1cccc(F)c1C(C)NCc1ccon1. The molecule has 0 fully saturated rings. The predicted octanol–water partition coefficient (Wildman–Crippen LogP) is 2.67. The largest absolute Gasteiger partial charge is 0.496 e. The Balaban J connectivity index is 2.10. The van der Waals surface area contributed by atoms with Crippen molar-refractivity contribution in [3.05, 3.63) is 47.6 Å². The van der Waals surface area contributed by atoms with Crippen molar-refractivity contribution in [3.63, 3.8) is 0 Å². The van der Waals surface area contributed by atoms with Gasteiger partial charge < -0.3 is 14.6 Å². The van der Waals surface area contributed by atoms with E-state index >= 15 is 0 Å². The number of rotatable bonds is 5. The smallest absolute Gasteiger partial charge is 0.131 e. The third-order valence-electron chi connectivity index (χ3n) is 2.75. The van der Waals surface area contributed by atoms with Gasteiger partial charge in [0.05, 0.1) is 12.8 Å². The van der Waals surface area contributed by atoms with Crippen LogP contribution in [0.5, 0.6) is 5.75 Å². The van der Waals surface area contributed by atoms with Gasteiger partial charge in [-0.25, -0.2) is 4.39 Å². The molecule has 1 aromatic heterocycles. The lowest BCUT2D eigenvalue weighted by molar-refractivity contribution is 0.388. The fraction of sp³-hybridized carbons (Fsp3) is 0.308. The average molecular weight is 250 g/mol. The average Bonchev–Trinajstić information content (AvgIpc) is 2.88. The molecule has 1 atom stereocenters. The van der Waals surface area contributed by atoms with Gasteiger partial charge in [0.25, 0.3) is 0 Å². The fourth-order valence-electron chi connectivity index (χ4n) is 1.80. The Morgan fingerprint density at radius 3 is 2.94 bits per heavy atom. The van der Waals surface area contributed by atoms with Crippen LogP contribution in [0.2, 0.25) is 0 Å². The summed E-state index contributed by atoms with van der Waals surface area (Å²) in [5, 5.41) is 6.96. The number of nitrogens with one attached hydrogen (secondary N) is 1. The zero-order valence-corrected chi connectivity index (χ0v) is 10.3. The predicted molar refractivity (Wildman–Crippen MR) is 64.7 cm³/mol. The Bertz CT molecular complexity index is 500. The van der Waals surface area contributed by atoms with Crippen LogP contribution in [-0.4, -0.2) is 12.3 Å². The number of hydrogen-bond acceptors (Lipinski definition) is 4. The normalized spacial score (nSPS) is 12.4. The van der Waals surface area contributed by atoms with Crippen LogP contribution < -0.4 is 10.1 Å². The standard InChI is InChI=1S/C13H15FN2O2/c1-9(15-8-10-6-7-18-16-10)13-11(14)4-3-5-12(13)17-2/h3-7,9,15H,8H2,1-2H3. The summed E-state index contributed by atoms with van der Waals surface area (Å²) in [6, 6.07) is 6.37. The molecule has 4 nitrogen and oxygen atoms in total. The summed E-state index contributed by atoms with van der Waals surface area (Å²) in [5.74, 6) is 0.254. The molecule has 0 aliphatic carbocycles. The van der Waals surface area contributed by atoms with Crippen molar-refractivity contribution in [1.82, 2.24) is 10.5 Å². The minimum absolute atomic E-state index is 0.183. The second kappa shape index (κ2) is 5.64. The van der Waals surface area contributed by atoms with Crippen molar-refractivity contribution < 1.29 is 13.7 Å². The first-order chi connectivity index (χ1) is 8.72. The van der Waals surface area contributed by atoms with Crippen molar-refractivity contribution in [2.45, 2.75) is 19.5 Å². The van der Waals surface area contributed by atoms with Crippen molar-refractivity contribution in [1.29, 1.82) is 0 Å². The van der Waals surface area contributed by atoms with E-state index in [0.717, 1.165) is 5.69 Å². The third kappa shape index (κ3) is 2.68. The molecule has 2 aromatic rings. The minimum atomic E-state index is -0.283. The van der Waals surface area contributed by atoms with Crippen molar-refractivity contribution in [2.24, 2.45) is 0 Å². The molecule has 0 amide bonds. The molecule has 1 unspecified atom stereocenters. The number of aromatic nitrogens is 1. The van der Waals surface area contributed by atoms with E-state index in [-0.39, 0.29) is 11.9 Å². The molecule has 2 rings (SSSR count). The lowest BCUT2D eigenvalue weighted by Gasteiger charge is -2.17. The summed E-state index contributed by atoms with van der Waals surface area (Å²) in [4.78, 5) is 0. The summed E-state index contributed by atoms with van der Waals surface area (Å²) in [6.07, 6.45) is 1.51. The Morgan fingerprint density at radius 2 is 2.28 bits per heavy atom. The van der Waals surface area contributed by atoms with Gasteiger partial charge in [-0.2, -0.15) is 0 Å². The molecule has 5 heteroatoms. The maximum Gasteiger partial charge on any atom is 0.131 e. The van der Waals surface area contributed by atoms with E-state index in [2.05, 4.69) is 10.5 Å². The van der Waals surface area contributed by atoms with Gasteiger partial charge in [-0.05, 0) is 19.1 Å². The highest BCUT2D eigenvalue weighted by atomic mass is 19.1. The maximum atomic E-state index is 13.8. The van der Waals surface area contributed by atoms with E-state index in [1.165, 1.54) is 19.4 Å². The molecule has 0 aliphatic heterocycles. The zero-order valence-electron chi connectivity index (χ0n) is 10.3. The zero-order chi connectivity index (χ0) is 13.0. The first-order valence-electron chi connectivity index (χ1n) is 5.67. The van der Waals surface area contributed by atoms with Crippen LogP contribution in [0.3, 0.4) is 0 Å². The van der Waals surface area contributed by atoms with Gasteiger partial charge in [0.1, 0.15) is 17.8 Å². The van der Waals surface area contributed by atoms with Crippen LogP contribution in [0.25, 0.3) is 0 Å². The van der Waals surface area contributed by atoms with Gasteiger partial charge in [0.2, 0.25) is 0 Å². The van der Waals surface area contributed by atoms with Crippen LogP contribution in [0.4, 0.5) is 4.39 Å². The van der Waals surface area contributed by atoms with Crippen LogP contribution in [-0.2, 0) is 6.54 Å². The van der Waals surface area contributed by atoms with Crippen LogP contribution in [0.1, 0.15) is 24.2 Å². The van der Waals surface area contributed by atoms with Crippen LogP contribution in [0, 0.1) is 5.82 Å². The lowest BCUT2D eigenvalue weighted by atomic mass is 10.1. The Morgan fingerprint density at radius 1 is 1.44 bits per heavy atom. The highest BCUT2D eigenvalue weighted by Crippen LogP contribution is 2.27. The van der Waals surface area contributed by atoms with Gasteiger partial charge >= 0.3 is 0 Å². The monoisotopic (exact) mass is 250 g/mol. The van der Waals surface area contributed by atoms with Crippen molar-refractivity contribution >= 4 is 0 Å². The van der Waals surface area contributed by atoms with Crippen LogP contribution >= 0.6 is 0 Å². The quantitative estimate of drug-likeness (QED) is 0.886. The number of halogens is 1. The molecule has 0 saturated carbocycles. The molecule has 1 aromatic carbocycles. The summed E-state index contributed by atoms with van der Waals surface area (Å²) in [6.45, 7) is 2.39. The molecule has 18 heavy (non-hydrogen) atoms. The first-order valence-corrected chi connectivity index (χ1v) is 5.67. The van der Waals surface area contributed by atoms with E-state index in [1.807, 2.05) is 6.92 Å². The van der Waals surface area contributed by atoms with Gasteiger partial charge in [-0.3, -0.25) is 0 Å². The number of benzene rings is 1. The Kier molecular flexibility index (Phi) is 3.94. The summed E-state index contributed by atoms with van der Waals surface area (Å²) >= 11 is 0. The highest BCUT2D eigenvalue weighted by molar-refractivity contribution is 5.36. The number of hydrogen-bond donors (Lipinski definition) is 1. The molecule has 96 valence electrons. The summed E-state index contributed by atoms with van der Waals surface area (Å²) < 4.78 is 23.7. The number of ether oxygens (including phenoxy) is 1. The highest BCUT2D eigenvalue weighted by Gasteiger charge is 2.16. The molecule has 0 saturated heterocycles. The van der Waals surface area contributed by atoms with Gasteiger partial charge in [-0.15, -0.1) is 0 Å². The molecule has 1 heterocycles. The molecule has 0 aliphatic rings. The van der Waals surface area contributed by atoms with E-state index in [9.17, 15) is 4.39 Å². The Hall–Kier alpha value is -1.88. The van der Waals surface area contributed by atoms with E-state index in [4.69, 9.17) is 9.26 Å². The van der Waals surface area contributed by atoms with Crippen LogP contribution in [0.15, 0.2) is 35.1 Å². The van der Waals surface area contributed by atoms with E-state index < -0.39 is 0 Å². The lowest BCUT2D eigenvalue weighted by Crippen LogP contribution is -2.20. The van der Waals surface area contributed by atoms with Crippen molar-refractivity contribution in [2.75, 3.05) is 7.11 Å². The topological polar surface area (TPSA) is 47.3 Å². The minimum Gasteiger partial charge on any atom is -0.496 e. The maximum absolute atomic E-state index is 13.8. The molecular weight excluding hydrogens is 235 g/mol. The Labute approximate surface area is 105 Å². The van der Waals surface area contributed by atoms with E-state index in [1.54, 1.807) is 18.2 Å². The molecule has 0 bridgehead atoms. The third-order valence-corrected chi connectivity index (χ3v) is 2.75. The van der Waals surface area contributed by atoms with Gasteiger partial charge in [-0.1, -0.05) is 11.2 Å². The molecule has 1 N–H and O–H groups in total. The summed E-state index contributed by atoms with van der Waals surface area (Å²) in [7, 11) is 1.53. The number of methoxy groups -OCH3 is 1. The second-order valence-corrected chi connectivity index (χ2v) is 3.95. The van der Waals surface area contributed by atoms with Crippen molar-refractivity contribution in [3.8, 4) is 5.75 Å². The molecule has 0 spiro atoms. The van der Waals surface area contributed by atoms with Gasteiger partial charge in [0, 0.05) is 24.2 Å². The van der Waals surface area contributed by atoms with Gasteiger partial charge in [0.15, 0.2) is 0 Å². The fourth-order valence-corrected chi connectivity index (χ4v) is 1.80. The second-order valence-electron chi connectivity index (χ2n) is 3.95. The van der Waals surface area contributed by atoms with E-state index in [0.29, 0.717) is 17.9 Å². The summed E-state index contributed by atoms with van der Waals surface area (Å²) in [5.41, 5.74) is 1.29. The molecule has 0 radical (unpaired) electrons.